The molecule has 1 aromatic carbocycles. The Balaban J connectivity index is 1.78. The first kappa shape index (κ1) is 12.7. The van der Waals surface area contributed by atoms with Gasteiger partial charge in [-0.15, -0.1) is 11.3 Å². The molecule has 3 rings (SSSR count). The maximum atomic E-state index is 5.72. The van der Waals surface area contributed by atoms with Crippen LogP contribution in [0.3, 0.4) is 0 Å². The Morgan fingerprint density at radius 2 is 2.05 bits per heavy atom. The van der Waals surface area contributed by atoms with Crippen molar-refractivity contribution in [2.45, 2.75) is 38.5 Å². The summed E-state index contributed by atoms with van der Waals surface area (Å²) in [6, 6.07) is 7.99. The lowest BCUT2D eigenvalue weighted by Gasteiger charge is -2.06. The average Bonchev–Trinajstić information content (AvgIpc) is 3.08. The highest BCUT2D eigenvalue weighted by molar-refractivity contribution is 7.10. The molecule has 0 bridgehead atoms. The van der Waals surface area contributed by atoms with Gasteiger partial charge in [0.05, 0.1) is 10.7 Å². The van der Waals surface area contributed by atoms with Gasteiger partial charge in [0.15, 0.2) is 0 Å². The molecule has 3 heteroatoms. The van der Waals surface area contributed by atoms with Gasteiger partial charge in [-0.3, -0.25) is 0 Å². The van der Waals surface area contributed by atoms with Gasteiger partial charge >= 0.3 is 0 Å². The minimum atomic E-state index is 0.692. The number of thiazole rings is 1. The molecule has 1 aromatic heterocycles. The Hall–Kier alpha value is -1.35. The molecule has 0 aliphatic heterocycles. The SMILES string of the molecule is CCC1CCC(c2nc(-c3ccc(N)cc3)cs2)C1. The molecule has 2 unspecified atom stereocenters. The van der Waals surface area contributed by atoms with Crippen molar-refractivity contribution in [3.8, 4) is 11.3 Å². The van der Waals surface area contributed by atoms with Crippen molar-refractivity contribution in [2.24, 2.45) is 5.92 Å². The largest absolute Gasteiger partial charge is 0.399 e. The summed E-state index contributed by atoms with van der Waals surface area (Å²) in [4.78, 5) is 4.84. The van der Waals surface area contributed by atoms with Crippen molar-refractivity contribution in [2.75, 3.05) is 5.73 Å². The van der Waals surface area contributed by atoms with Crippen molar-refractivity contribution in [3.63, 3.8) is 0 Å². The van der Waals surface area contributed by atoms with Crippen LogP contribution in [0.5, 0.6) is 0 Å². The molecule has 19 heavy (non-hydrogen) atoms. The first-order valence-electron chi connectivity index (χ1n) is 7.07. The molecular formula is C16H20N2S. The molecule has 100 valence electrons. The topological polar surface area (TPSA) is 38.9 Å². The highest BCUT2D eigenvalue weighted by Crippen LogP contribution is 2.41. The molecule has 0 saturated heterocycles. The molecular weight excluding hydrogens is 252 g/mol. The molecule has 1 saturated carbocycles. The number of benzene rings is 1. The summed E-state index contributed by atoms with van der Waals surface area (Å²) in [5.41, 5.74) is 8.79. The van der Waals surface area contributed by atoms with Gasteiger partial charge in [0.25, 0.3) is 0 Å². The number of hydrogen-bond acceptors (Lipinski definition) is 3. The zero-order valence-corrected chi connectivity index (χ0v) is 12.1. The summed E-state index contributed by atoms with van der Waals surface area (Å²) < 4.78 is 0. The van der Waals surface area contributed by atoms with Gasteiger partial charge in [0, 0.05) is 22.5 Å². The van der Waals surface area contributed by atoms with Crippen LogP contribution in [-0.2, 0) is 0 Å². The Bertz CT molecular complexity index is 544. The minimum Gasteiger partial charge on any atom is -0.399 e. The summed E-state index contributed by atoms with van der Waals surface area (Å²) >= 11 is 1.82. The highest BCUT2D eigenvalue weighted by atomic mass is 32.1. The van der Waals surface area contributed by atoms with E-state index in [1.807, 2.05) is 23.5 Å². The number of nitrogen functional groups attached to an aromatic ring is 1. The van der Waals surface area contributed by atoms with Crippen LogP contribution in [0.25, 0.3) is 11.3 Å². The fourth-order valence-corrected chi connectivity index (χ4v) is 3.91. The standard InChI is InChI=1S/C16H20N2S/c1-2-11-3-4-13(9-11)16-18-15(10-19-16)12-5-7-14(17)8-6-12/h5-8,10-11,13H,2-4,9,17H2,1H3. The van der Waals surface area contributed by atoms with Crippen molar-refractivity contribution in [1.29, 1.82) is 0 Å². The summed E-state index contributed by atoms with van der Waals surface area (Å²) in [5.74, 6) is 1.60. The molecule has 2 nitrogen and oxygen atoms in total. The molecule has 1 aliphatic rings. The summed E-state index contributed by atoms with van der Waals surface area (Å²) in [6.45, 7) is 2.30. The minimum absolute atomic E-state index is 0.692. The van der Waals surface area contributed by atoms with Crippen molar-refractivity contribution in [1.82, 2.24) is 4.98 Å². The van der Waals surface area contributed by atoms with E-state index in [1.165, 1.54) is 36.3 Å². The van der Waals surface area contributed by atoms with Crippen LogP contribution in [0.4, 0.5) is 5.69 Å². The molecule has 1 fully saturated rings. The van der Waals surface area contributed by atoms with Gasteiger partial charge in [0.2, 0.25) is 0 Å². The van der Waals surface area contributed by atoms with Crippen LogP contribution in [0.1, 0.15) is 43.5 Å². The fourth-order valence-electron chi connectivity index (χ4n) is 2.93. The molecule has 1 aliphatic carbocycles. The molecule has 2 aromatic rings. The fraction of sp³-hybridized carbons (Fsp3) is 0.438. The van der Waals surface area contributed by atoms with Gasteiger partial charge < -0.3 is 5.73 Å². The van der Waals surface area contributed by atoms with E-state index in [1.54, 1.807) is 0 Å². The normalized spacial score (nSPS) is 22.8. The molecule has 2 N–H and O–H groups in total. The third-order valence-electron chi connectivity index (χ3n) is 4.20. The Morgan fingerprint density at radius 1 is 1.26 bits per heavy atom. The smallest absolute Gasteiger partial charge is 0.0963 e. The highest BCUT2D eigenvalue weighted by Gasteiger charge is 2.26. The number of hydrogen-bond donors (Lipinski definition) is 1. The molecule has 0 amide bonds. The quantitative estimate of drug-likeness (QED) is 0.823. The zero-order valence-electron chi connectivity index (χ0n) is 11.3. The number of nitrogens with two attached hydrogens (primary N) is 1. The van der Waals surface area contributed by atoms with Crippen molar-refractivity contribution in [3.05, 3.63) is 34.7 Å². The van der Waals surface area contributed by atoms with Gasteiger partial charge in [-0.05, 0) is 37.3 Å². The van der Waals surface area contributed by atoms with E-state index >= 15 is 0 Å². The number of nitrogens with zero attached hydrogens (tertiary/aromatic N) is 1. The second kappa shape index (κ2) is 5.33. The first-order chi connectivity index (χ1) is 9.26. The van der Waals surface area contributed by atoms with Gasteiger partial charge in [-0.25, -0.2) is 4.98 Å². The molecule has 1 heterocycles. The van der Waals surface area contributed by atoms with Crippen LogP contribution in [0, 0.1) is 5.92 Å². The van der Waals surface area contributed by atoms with E-state index < -0.39 is 0 Å². The lowest BCUT2D eigenvalue weighted by molar-refractivity contribution is 0.521. The predicted octanol–water partition coefficient (Wildman–Crippen LogP) is 4.69. The molecule has 0 radical (unpaired) electrons. The van der Waals surface area contributed by atoms with Crippen molar-refractivity contribution >= 4 is 17.0 Å². The Morgan fingerprint density at radius 3 is 2.74 bits per heavy atom. The first-order valence-corrected chi connectivity index (χ1v) is 7.95. The van der Waals surface area contributed by atoms with Crippen LogP contribution >= 0.6 is 11.3 Å². The van der Waals surface area contributed by atoms with Crippen LogP contribution < -0.4 is 5.73 Å². The third-order valence-corrected chi connectivity index (χ3v) is 5.20. The number of aromatic nitrogens is 1. The van der Waals surface area contributed by atoms with Gasteiger partial charge in [0.1, 0.15) is 0 Å². The maximum Gasteiger partial charge on any atom is 0.0963 e. The van der Waals surface area contributed by atoms with Crippen molar-refractivity contribution < 1.29 is 0 Å². The Kier molecular flexibility index (Phi) is 3.56. The summed E-state index contributed by atoms with van der Waals surface area (Å²) in [6.07, 6.45) is 5.32. The Labute approximate surface area is 118 Å². The average molecular weight is 272 g/mol. The predicted molar refractivity (Wildman–Crippen MR) is 82.3 cm³/mol. The maximum absolute atomic E-state index is 5.72. The monoisotopic (exact) mass is 272 g/mol. The van der Waals surface area contributed by atoms with Crippen LogP contribution in [-0.4, -0.2) is 4.98 Å². The van der Waals surface area contributed by atoms with Gasteiger partial charge in [-0.2, -0.15) is 0 Å². The zero-order chi connectivity index (χ0) is 13.2. The lowest BCUT2D eigenvalue weighted by atomic mass is 10.0. The van der Waals surface area contributed by atoms with Crippen LogP contribution in [0.15, 0.2) is 29.6 Å². The second-order valence-electron chi connectivity index (χ2n) is 5.48. The lowest BCUT2D eigenvalue weighted by Crippen LogP contribution is -1.94. The van der Waals surface area contributed by atoms with E-state index in [0.717, 1.165) is 17.3 Å². The van der Waals surface area contributed by atoms with E-state index in [-0.39, 0.29) is 0 Å². The number of anilines is 1. The summed E-state index contributed by atoms with van der Waals surface area (Å²) in [5, 5.41) is 3.50. The number of rotatable bonds is 3. The van der Waals surface area contributed by atoms with E-state index in [4.69, 9.17) is 10.7 Å². The third kappa shape index (κ3) is 2.66. The van der Waals surface area contributed by atoms with E-state index in [9.17, 15) is 0 Å². The van der Waals surface area contributed by atoms with Crippen LogP contribution in [0.2, 0.25) is 0 Å². The van der Waals surface area contributed by atoms with Gasteiger partial charge in [-0.1, -0.05) is 25.5 Å². The van der Waals surface area contributed by atoms with E-state index in [2.05, 4.69) is 24.4 Å². The van der Waals surface area contributed by atoms with E-state index in [0.29, 0.717) is 5.92 Å². The summed E-state index contributed by atoms with van der Waals surface area (Å²) in [7, 11) is 0. The second-order valence-corrected chi connectivity index (χ2v) is 6.37. The molecule has 2 atom stereocenters. The molecule has 0 spiro atoms.